The minimum atomic E-state index is -0.912. The molecule has 1 aliphatic rings. The molecule has 1 N–H and O–H groups in total. The maximum absolute atomic E-state index is 10.5. The van der Waals surface area contributed by atoms with E-state index in [4.69, 9.17) is 5.11 Å². The zero-order valence-corrected chi connectivity index (χ0v) is 14.4. The molecule has 0 unspecified atom stereocenters. The van der Waals surface area contributed by atoms with Crippen molar-refractivity contribution in [2.75, 3.05) is 0 Å². The first-order chi connectivity index (χ1) is 10.2. The summed E-state index contributed by atoms with van der Waals surface area (Å²) in [4.78, 5) is 10.5. The first-order valence-corrected chi connectivity index (χ1v) is 7.87. The van der Waals surface area contributed by atoms with Gasteiger partial charge in [0, 0.05) is 6.08 Å². The minimum Gasteiger partial charge on any atom is -0.478 e. The summed E-state index contributed by atoms with van der Waals surface area (Å²) in [5.74, 6) is -0.912. The molecule has 0 aromatic heterocycles. The Morgan fingerprint density at radius 2 is 1.86 bits per heavy atom. The molecule has 120 valence electrons. The van der Waals surface area contributed by atoms with Gasteiger partial charge < -0.3 is 5.11 Å². The number of allylic oxidation sites excluding steroid dienone is 9. The molecule has 0 atom stereocenters. The van der Waals surface area contributed by atoms with Gasteiger partial charge >= 0.3 is 5.97 Å². The van der Waals surface area contributed by atoms with E-state index in [1.807, 2.05) is 12.2 Å². The third kappa shape index (κ3) is 5.88. The summed E-state index contributed by atoms with van der Waals surface area (Å²) in [5.41, 5.74) is 5.09. The Balaban J connectivity index is 2.79. The molecule has 0 fully saturated rings. The highest BCUT2D eigenvalue weighted by molar-refractivity contribution is 5.81. The van der Waals surface area contributed by atoms with Crippen molar-refractivity contribution in [2.24, 2.45) is 5.41 Å². The molecule has 1 rings (SSSR count). The molecule has 0 radical (unpaired) electrons. The van der Waals surface area contributed by atoms with Crippen LogP contribution in [0.5, 0.6) is 0 Å². The third-order valence-electron chi connectivity index (χ3n) is 4.12. The lowest BCUT2D eigenvalue weighted by Crippen LogP contribution is -2.19. The number of carbonyl (C=O) groups is 1. The summed E-state index contributed by atoms with van der Waals surface area (Å²) < 4.78 is 0. The van der Waals surface area contributed by atoms with Crippen LogP contribution in [-0.4, -0.2) is 11.1 Å². The second-order valence-corrected chi connectivity index (χ2v) is 6.76. The van der Waals surface area contributed by atoms with Gasteiger partial charge in [-0.3, -0.25) is 0 Å². The second-order valence-electron chi connectivity index (χ2n) is 6.76. The van der Waals surface area contributed by atoms with E-state index in [1.54, 1.807) is 13.0 Å². The molecule has 0 aromatic carbocycles. The molecule has 0 saturated carbocycles. The molecule has 0 bridgehead atoms. The molecular weight excluding hydrogens is 272 g/mol. The van der Waals surface area contributed by atoms with Crippen LogP contribution in [0.25, 0.3) is 0 Å². The maximum atomic E-state index is 10.5. The van der Waals surface area contributed by atoms with Crippen molar-refractivity contribution >= 4 is 5.97 Å². The Labute approximate surface area is 134 Å². The molecule has 0 amide bonds. The van der Waals surface area contributed by atoms with Gasteiger partial charge in [-0.25, -0.2) is 4.79 Å². The fraction of sp³-hybridized carbons (Fsp3) is 0.450. The lowest BCUT2D eigenvalue weighted by atomic mass is 9.72. The highest BCUT2D eigenvalue weighted by atomic mass is 16.4. The lowest BCUT2D eigenvalue weighted by molar-refractivity contribution is -0.131. The largest absolute Gasteiger partial charge is 0.478 e. The molecule has 0 aliphatic heterocycles. The molecule has 22 heavy (non-hydrogen) atoms. The van der Waals surface area contributed by atoms with Gasteiger partial charge in [-0.15, -0.1) is 0 Å². The van der Waals surface area contributed by atoms with Crippen LogP contribution < -0.4 is 0 Å². The van der Waals surface area contributed by atoms with E-state index in [1.165, 1.54) is 36.5 Å². The Kier molecular flexibility index (Phi) is 6.61. The summed E-state index contributed by atoms with van der Waals surface area (Å²) in [6.45, 7) is 10.7. The number of aliphatic carboxylic acids is 1. The SMILES string of the molecule is CC1=C(/C=C/C(C)=C\C=C\C(C)=C/C(=O)O)C(C)(C)CCC1. The predicted molar refractivity (Wildman–Crippen MR) is 93.8 cm³/mol. The number of hydrogen-bond acceptors (Lipinski definition) is 1. The van der Waals surface area contributed by atoms with Gasteiger partial charge in [-0.05, 0) is 56.6 Å². The standard InChI is InChI=1S/C20H28O2/c1-15(8-6-9-16(2)14-19(21)22)11-12-18-17(3)10-7-13-20(18,4)5/h6,8-9,11-12,14H,7,10,13H2,1-5H3,(H,21,22)/b9-6+,12-11+,15-8-,16-14-. The van der Waals surface area contributed by atoms with Crippen LogP contribution in [0.15, 0.2) is 58.7 Å². The molecule has 0 spiro atoms. The average molecular weight is 300 g/mol. The minimum absolute atomic E-state index is 0.260. The van der Waals surface area contributed by atoms with Gasteiger partial charge in [0.25, 0.3) is 0 Å². The Morgan fingerprint density at radius 3 is 2.45 bits per heavy atom. The van der Waals surface area contributed by atoms with Crippen molar-refractivity contribution < 1.29 is 9.90 Å². The zero-order valence-electron chi connectivity index (χ0n) is 14.4. The summed E-state index contributed by atoms with van der Waals surface area (Å²) in [6, 6.07) is 0. The van der Waals surface area contributed by atoms with Crippen LogP contribution in [0.4, 0.5) is 0 Å². The fourth-order valence-corrected chi connectivity index (χ4v) is 2.88. The average Bonchev–Trinajstić information content (AvgIpc) is 2.36. The summed E-state index contributed by atoms with van der Waals surface area (Å²) in [6.07, 6.45) is 15.0. The summed E-state index contributed by atoms with van der Waals surface area (Å²) in [5, 5.41) is 8.65. The summed E-state index contributed by atoms with van der Waals surface area (Å²) >= 11 is 0. The molecular formula is C20H28O2. The van der Waals surface area contributed by atoms with E-state index in [2.05, 4.69) is 39.8 Å². The number of carboxylic acids is 1. The molecule has 0 aromatic rings. The van der Waals surface area contributed by atoms with Crippen LogP contribution >= 0.6 is 0 Å². The lowest BCUT2D eigenvalue weighted by Gasteiger charge is -2.32. The van der Waals surface area contributed by atoms with Crippen molar-refractivity contribution in [3.63, 3.8) is 0 Å². The van der Waals surface area contributed by atoms with Gasteiger partial charge in [-0.2, -0.15) is 0 Å². The van der Waals surface area contributed by atoms with Crippen LogP contribution in [-0.2, 0) is 4.79 Å². The first kappa shape index (κ1) is 18.2. The Hall–Kier alpha value is -1.83. The smallest absolute Gasteiger partial charge is 0.328 e. The van der Waals surface area contributed by atoms with Gasteiger partial charge in [0.15, 0.2) is 0 Å². The molecule has 2 nitrogen and oxygen atoms in total. The van der Waals surface area contributed by atoms with Gasteiger partial charge in [-0.1, -0.05) is 55.4 Å². The maximum Gasteiger partial charge on any atom is 0.328 e. The van der Waals surface area contributed by atoms with E-state index >= 15 is 0 Å². The molecule has 2 heteroatoms. The van der Waals surface area contributed by atoms with Crippen LogP contribution in [0.3, 0.4) is 0 Å². The van der Waals surface area contributed by atoms with Crippen LogP contribution in [0.1, 0.15) is 53.9 Å². The van der Waals surface area contributed by atoms with E-state index in [-0.39, 0.29) is 5.41 Å². The normalized spacial score (nSPS) is 20.2. The van der Waals surface area contributed by atoms with E-state index in [9.17, 15) is 4.79 Å². The molecule has 0 saturated heterocycles. The third-order valence-corrected chi connectivity index (χ3v) is 4.12. The zero-order chi connectivity index (χ0) is 16.8. The topological polar surface area (TPSA) is 37.3 Å². The van der Waals surface area contributed by atoms with E-state index in [0.29, 0.717) is 0 Å². The number of hydrogen-bond donors (Lipinski definition) is 1. The van der Waals surface area contributed by atoms with Crippen LogP contribution in [0, 0.1) is 5.41 Å². The quantitative estimate of drug-likeness (QED) is 0.530. The summed E-state index contributed by atoms with van der Waals surface area (Å²) in [7, 11) is 0. The second kappa shape index (κ2) is 7.98. The van der Waals surface area contributed by atoms with Crippen molar-refractivity contribution in [3.8, 4) is 0 Å². The first-order valence-electron chi connectivity index (χ1n) is 7.87. The highest BCUT2D eigenvalue weighted by Gasteiger charge is 2.26. The van der Waals surface area contributed by atoms with Crippen molar-refractivity contribution in [1.82, 2.24) is 0 Å². The van der Waals surface area contributed by atoms with Gasteiger partial charge in [0.05, 0.1) is 0 Å². The van der Waals surface area contributed by atoms with Gasteiger partial charge in [0.1, 0.15) is 0 Å². The Bertz CT molecular complexity index is 567. The van der Waals surface area contributed by atoms with Gasteiger partial charge in [0.2, 0.25) is 0 Å². The predicted octanol–water partition coefficient (Wildman–Crippen LogP) is 5.60. The molecule has 0 heterocycles. The van der Waals surface area contributed by atoms with Crippen LogP contribution in [0.2, 0.25) is 0 Å². The number of rotatable bonds is 5. The van der Waals surface area contributed by atoms with E-state index < -0.39 is 5.97 Å². The van der Waals surface area contributed by atoms with Crippen molar-refractivity contribution in [1.29, 1.82) is 0 Å². The number of carboxylic acid groups (broad SMARTS) is 1. The Morgan fingerprint density at radius 1 is 1.18 bits per heavy atom. The highest BCUT2D eigenvalue weighted by Crippen LogP contribution is 2.40. The van der Waals surface area contributed by atoms with E-state index in [0.717, 1.165) is 11.1 Å². The van der Waals surface area contributed by atoms with Crippen molar-refractivity contribution in [2.45, 2.75) is 53.9 Å². The fourth-order valence-electron chi connectivity index (χ4n) is 2.88. The monoisotopic (exact) mass is 300 g/mol. The molecule has 1 aliphatic carbocycles. The van der Waals surface area contributed by atoms with Crippen molar-refractivity contribution in [3.05, 3.63) is 58.7 Å².